The summed E-state index contributed by atoms with van der Waals surface area (Å²) in [5.41, 5.74) is 3.70. The maximum atomic E-state index is 12.2. The van der Waals surface area contributed by atoms with E-state index < -0.39 is 6.10 Å². The number of allylic oxidation sites excluding steroid dienone is 1. The average molecular weight is 454 g/mol. The van der Waals surface area contributed by atoms with Crippen LogP contribution >= 0.6 is 0 Å². The van der Waals surface area contributed by atoms with E-state index in [9.17, 15) is 15.0 Å². The first-order chi connectivity index (χ1) is 16.0. The Bertz CT molecular complexity index is 857. The molecule has 0 unspecified atom stereocenters. The summed E-state index contributed by atoms with van der Waals surface area (Å²) < 4.78 is 5.70. The van der Waals surface area contributed by atoms with Crippen molar-refractivity contribution in [2.75, 3.05) is 26.3 Å². The fraction of sp³-hybridized carbons (Fsp3) is 0.607. The molecule has 0 bridgehead atoms. The lowest BCUT2D eigenvalue weighted by molar-refractivity contribution is -0.137. The van der Waals surface area contributed by atoms with Crippen molar-refractivity contribution in [3.05, 3.63) is 59.2 Å². The summed E-state index contributed by atoms with van der Waals surface area (Å²) in [4.78, 5) is 14.1. The first-order valence-corrected chi connectivity index (χ1v) is 12.6. The molecule has 0 spiro atoms. The highest BCUT2D eigenvalue weighted by atomic mass is 16.5. The molecule has 1 saturated heterocycles. The Morgan fingerprint density at radius 1 is 1.27 bits per heavy atom. The maximum absolute atomic E-state index is 12.2. The topological polar surface area (TPSA) is 70.0 Å². The quantitative estimate of drug-likeness (QED) is 0.441. The van der Waals surface area contributed by atoms with E-state index in [0.29, 0.717) is 24.9 Å². The number of fused-ring (bicyclic) bond motifs is 1. The van der Waals surface area contributed by atoms with Gasteiger partial charge in [0.25, 0.3) is 0 Å². The third-order valence-corrected chi connectivity index (χ3v) is 7.53. The van der Waals surface area contributed by atoms with Crippen LogP contribution in [0.15, 0.2) is 48.1 Å². The Balaban J connectivity index is 1.21. The van der Waals surface area contributed by atoms with Gasteiger partial charge in [0, 0.05) is 25.4 Å². The summed E-state index contributed by atoms with van der Waals surface area (Å²) in [7, 11) is 0. The number of nitrogens with zero attached hydrogens (tertiary/aromatic N) is 1. The second kappa shape index (κ2) is 11.5. The number of likely N-dealkylation sites (tertiary alicyclic amines) is 1. The minimum Gasteiger partial charge on any atom is -0.392 e. The molecular formula is C28H39NO4. The molecule has 4 rings (SSSR count). The highest BCUT2D eigenvalue weighted by molar-refractivity contribution is 5.77. The van der Waals surface area contributed by atoms with Crippen molar-refractivity contribution < 1.29 is 19.7 Å². The molecule has 0 radical (unpaired) electrons. The summed E-state index contributed by atoms with van der Waals surface area (Å²) in [5.74, 6) is 0.989. The van der Waals surface area contributed by atoms with E-state index in [-0.39, 0.29) is 24.5 Å². The van der Waals surface area contributed by atoms with Crippen LogP contribution in [0.3, 0.4) is 0 Å². The van der Waals surface area contributed by atoms with Gasteiger partial charge in [0.05, 0.1) is 18.8 Å². The Hall–Kier alpha value is -1.95. The van der Waals surface area contributed by atoms with Gasteiger partial charge >= 0.3 is 0 Å². The lowest BCUT2D eigenvalue weighted by Crippen LogP contribution is -2.38. The number of ether oxygens (including phenoxy) is 1. The van der Waals surface area contributed by atoms with E-state index in [0.717, 1.165) is 50.8 Å². The molecule has 1 aromatic rings. The normalized spacial score (nSPS) is 28.2. The predicted molar refractivity (Wildman–Crippen MR) is 130 cm³/mol. The number of amides is 1. The fourth-order valence-electron chi connectivity index (χ4n) is 5.79. The van der Waals surface area contributed by atoms with Crippen molar-refractivity contribution in [2.24, 2.45) is 17.8 Å². The number of carbonyl (C=O) groups is 1. The number of aryl methyl sites for hydroxylation is 1. The molecule has 1 heterocycles. The van der Waals surface area contributed by atoms with Gasteiger partial charge in [-0.2, -0.15) is 0 Å². The van der Waals surface area contributed by atoms with E-state index in [2.05, 4.69) is 25.1 Å². The molecular weight excluding hydrogens is 414 g/mol. The monoisotopic (exact) mass is 453 g/mol. The van der Waals surface area contributed by atoms with Crippen LogP contribution in [0.5, 0.6) is 0 Å². The fourth-order valence-corrected chi connectivity index (χ4v) is 5.79. The predicted octanol–water partition coefficient (Wildman–Crippen LogP) is 3.82. The zero-order chi connectivity index (χ0) is 23.2. The van der Waals surface area contributed by atoms with Crippen LogP contribution in [-0.4, -0.2) is 59.5 Å². The van der Waals surface area contributed by atoms with Gasteiger partial charge < -0.3 is 19.8 Å². The highest BCUT2D eigenvalue weighted by Crippen LogP contribution is 2.47. The van der Waals surface area contributed by atoms with Crippen molar-refractivity contribution in [2.45, 2.75) is 64.1 Å². The zero-order valence-corrected chi connectivity index (χ0v) is 19.9. The molecule has 2 N–H and O–H groups in total. The minimum atomic E-state index is -0.544. The number of piperidine rings is 1. The highest BCUT2D eigenvalue weighted by Gasteiger charge is 2.43. The molecule has 1 saturated carbocycles. The Morgan fingerprint density at radius 2 is 2.09 bits per heavy atom. The maximum Gasteiger partial charge on any atom is 0.248 e. The van der Waals surface area contributed by atoms with Gasteiger partial charge in [-0.1, -0.05) is 53.6 Å². The summed E-state index contributed by atoms with van der Waals surface area (Å²) in [6, 6.07) is 8.22. The summed E-state index contributed by atoms with van der Waals surface area (Å²) in [6.07, 6.45) is 12.0. The molecule has 1 aromatic carbocycles. The van der Waals surface area contributed by atoms with E-state index in [1.807, 2.05) is 29.2 Å². The van der Waals surface area contributed by atoms with Crippen LogP contribution in [0.2, 0.25) is 0 Å². The second-order valence-electron chi connectivity index (χ2n) is 10.1. The van der Waals surface area contributed by atoms with Gasteiger partial charge in [0.1, 0.15) is 6.61 Å². The van der Waals surface area contributed by atoms with Crippen LogP contribution in [-0.2, 0) is 16.0 Å². The zero-order valence-electron chi connectivity index (χ0n) is 19.9. The molecule has 33 heavy (non-hydrogen) atoms. The van der Waals surface area contributed by atoms with E-state index >= 15 is 0 Å². The Kier molecular flexibility index (Phi) is 8.39. The summed E-state index contributed by atoms with van der Waals surface area (Å²) in [6.45, 7) is 4.55. The Labute approximate surface area is 198 Å². The van der Waals surface area contributed by atoms with Crippen molar-refractivity contribution in [3.63, 3.8) is 0 Å². The van der Waals surface area contributed by atoms with Crippen molar-refractivity contribution in [1.82, 2.24) is 4.90 Å². The van der Waals surface area contributed by atoms with Gasteiger partial charge in [0.2, 0.25) is 5.91 Å². The number of aliphatic hydroxyl groups is 2. The Morgan fingerprint density at radius 3 is 2.88 bits per heavy atom. The minimum absolute atomic E-state index is 0.0810. The second-order valence-corrected chi connectivity index (χ2v) is 10.1. The SMILES string of the molecule is Cc1cccc(C[C@@H](O)C=C[C@@H]2[C@H]3CC(CCOCC(=O)N4CCCCC4)=C[C@H]3C[C@H]2O)c1. The summed E-state index contributed by atoms with van der Waals surface area (Å²) in [5, 5.41) is 21.1. The number of aliphatic hydroxyl groups excluding tert-OH is 2. The summed E-state index contributed by atoms with van der Waals surface area (Å²) >= 11 is 0. The van der Waals surface area contributed by atoms with Crippen molar-refractivity contribution >= 4 is 5.91 Å². The first-order valence-electron chi connectivity index (χ1n) is 12.6. The van der Waals surface area contributed by atoms with Crippen molar-refractivity contribution in [3.8, 4) is 0 Å². The standard InChI is InChI=1S/C28H39NO4/c1-20-6-5-7-21(14-20)16-24(30)8-9-25-26-17-22(15-23(26)18-27(25)31)10-13-33-19-28(32)29-11-3-2-4-12-29/h5-9,14-15,23-27,30-31H,2-4,10-13,16-19H2,1H3/t23-,24-,25+,26-,27+/m0/s1. The molecule has 2 fully saturated rings. The smallest absolute Gasteiger partial charge is 0.248 e. The van der Waals surface area contributed by atoms with Gasteiger partial charge in [-0.3, -0.25) is 4.79 Å². The first kappa shape index (κ1) is 24.2. The number of hydrogen-bond donors (Lipinski definition) is 2. The van der Waals surface area contributed by atoms with Crippen LogP contribution in [0.25, 0.3) is 0 Å². The lowest BCUT2D eigenvalue weighted by Gasteiger charge is -2.26. The molecule has 5 heteroatoms. The number of hydrogen-bond acceptors (Lipinski definition) is 4. The number of benzene rings is 1. The van der Waals surface area contributed by atoms with Gasteiger partial charge in [-0.15, -0.1) is 0 Å². The largest absolute Gasteiger partial charge is 0.392 e. The molecule has 180 valence electrons. The number of carbonyl (C=O) groups excluding carboxylic acids is 1. The molecule has 1 amide bonds. The molecule has 0 aromatic heterocycles. The molecule has 1 aliphatic heterocycles. The molecule has 3 aliphatic rings. The van der Waals surface area contributed by atoms with E-state index in [4.69, 9.17) is 4.74 Å². The van der Waals surface area contributed by atoms with Gasteiger partial charge in [0.15, 0.2) is 0 Å². The van der Waals surface area contributed by atoms with Crippen LogP contribution < -0.4 is 0 Å². The van der Waals surface area contributed by atoms with Gasteiger partial charge in [-0.05, 0) is 62.8 Å². The van der Waals surface area contributed by atoms with E-state index in [1.54, 1.807) is 0 Å². The third kappa shape index (κ3) is 6.56. The van der Waals surface area contributed by atoms with Gasteiger partial charge in [-0.25, -0.2) is 0 Å². The molecule has 2 aliphatic carbocycles. The molecule has 5 atom stereocenters. The average Bonchev–Trinajstić information content (AvgIpc) is 3.32. The van der Waals surface area contributed by atoms with E-state index in [1.165, 1.54) is 17.6 Å². The lowest BCUT2D eigenvalue weighted by atomic mass is 9.88. The van der Waals surface area contributed by atoms with Crippen LogP contribution in [0, 0.1) is 24.7 Å². The third-order valence-electron chi connectivity index (χ3n) is 7.53. The van der Waals surface area contributed by atoms with Crippen LogP contribution in [0.1, 0.15) is 49.7 Å². The number of rotatable bonds is 9. The van der Waals surface area contributed by atoms with Crippen molar-refractivity contribution in [1.29, 1.82) is 0 Å². The van der Waals surface area contributed by atoms with Crippen LogP contribution in [0.4, 0.5) is 0 Å². The molecule has 5 nitrogen and oxygen atoms in total.